The summed E-state index contributed by atoms with van der Waals surface area (Å²) in [5.74, 6) is 0.636. The van der Waals surface area contributed by atoms with Gasteiger partial charge in [-0.15, -0.1) is 0 Å². The molecule has 0 aliphatic rings. The first-order valence-corrected chi connectivity index (χ1v) is 6.61. The summed E-state index contributed by atoms with van der Waals surface area (Å²) in [4.78, 5) is 8.86. The lowest BCUT2D eigenvalue weighted by Gasteiger charge is -2.13. The van der Waals surface area contributed by atoms with Crippen LogP contribution < -0.4 is 5.73 Å². The summed E-state index contributed by atoms with van der Waals surface area (Å²) in [5.41, 5.74) is 9.55. The van der Waals surface area contributed by atoms with E-state index in [1.54, 1.807) is 6.33 Å². The molecule has 1 rings (SSSR count). The van der Waals surface area contributed by atoms with E-state index in [1.165, 1.54) is 17.0 Å². The second-order valence-corrected chi connectivity index (χ2v) is 5.21. The molecule has 0 aliphatic carbocycles. The van der Waals surface area contributed by atoms with Crippen LogP contribution in [0.25, 0.3) is 0 Å². The fourth-order valence-corrected chi connectivity index (χ4v) is 2.04. The maximum Gasteiger partial charge on any atom is 0.115 e. The molecule has 0 amide bonds. The highest BCUT2D eigenvalue weighted by molar-refractivity contribution is 5.25. The highest BCUT2D eigenvalue weighted by atomic mass is 14.8. The van der Waals surface area contributed by atoms with Gasteiger partial charge in [0.2, 0.25) is 0 Å². The Bertz CT molecular complexity index is 345. The molecule has 2 N–H and O–H groups in total. The minimum absolute atomic E-state index is 0.239. The van der Waals surface area contributed by atoms with Crippen molar-refractivity contribution in [3.63, 3.8) is 0 Å². The van der Waals surface area contributed by atoms with Crippen molar-refractivity contribution in [1.29, 1.82) is 0 Å². The Hall–Kier alpha value is -0.960. The Morgan fingerprint density at radius 3 is 2.35 bits per heavy atom. The third-order valence-corrected chi connectivity index (χ3v) is 2.92. The van der Waals surface area contributed by atoms with Crippen LogP contribution in [0, 0.1) is 5.92 Å². The lowest BCUT2D eigenvalue weighted by Crippen LogP contribution is -2.17. The summed E-state index contributed by atoms with van der Waals surface area (Å²) >= 11 is 0. The average Bonchev–Trinajstić information content (AvgIpc) is 2.25. The summed E-state index contributed by atoms with van der Waals surface area (Å²) in [6, 6.07) is 0.239. The van der Waals surface area contributed by atoms with E-state index in [0.29, 0.717) is 5.92 Å². The van der Waals surface area contributed by atoms with Crippen LogP contribution in [0.1, 0.15) is 51.1 Å². The van der Waals surface area contributed by atoms with Gasteiger partial charge in [-0.2, -0.15) is 0 Å². The third-order valence-electron chi connectivity index (χ3n) is 2.92. The molecule has 17 heavy (non-hydrogen) atoms. The molecule has 1 aromatic heterocycles. The third kappa shape index (κ3) is 4.43. The Kier molecular flexibility index (Phi) is 5.56. The zero-order valence-electron chi connectivity index (χ0n) is 11.5. The highest BCUT2D eigenvalue weighted by Gasteiger charge is 2.11. The van der Waals surface area contributed by atoms with Crippen LogP contribution in [0.3, 0.4) is 0 Å². The molecule has 1 heterocycles. The molecule has 0 fully saturated rings. The monoisotopic (exact) mass is 235 g/mol. The number of aryl methyl sites for hydroxylation is 1. The lowest BCUT2D eigenvalue weighted by molar-refractivity contribution is 0.618. The van der Waals surface area contributed by atoms with E-state index in [2.05, 4.69) is 30.7 Å². The number of hydrogen-bond donors (Lipinski definition) is 1. The molecule has 1 aromatic rings. The Balaban J connectivity index is 2.89. The highest BCUT2D eigenvalue weighted by Crippen LogP contribution is 2.16. The van der Waals surface area contributed by atoms with E-state index in [9.17, 15) is 0 Å². The smallest absolute Gasteiger partial charge is 0.115 e. The van der Waals surface area contributed by atoms with E-state index in [4.69, 9.17) is 5.73 Å². The first-order valence-electron chi connectivity index (χ1n) is 6.61. The van der Waals surface area contributed by atoms with E-state index < -0.39 is 0 Å². The van der Waals surface area contributed by atoms with Crippen molar-refractivity contribution in [2.75, 3.05) is 0 Å². The largest absolute Gasteiger partial charge is 0.328 e. The quantitative estimate of drug-likeness (QED) is 0.824. The van der Waals surface area contributed by atoms with Crippen LogP contribution in [-0.2, 0) is 19.3 Å². The minimum Gasteiger partial charge on any atom is -0.328 e. The van der Waals surface area contributed by atoms with Crippen LogP contribution in [0.15, 0.2) is 6.33 Å². The van der Waals surface area contributed by atoms with E-state index >= 15 is 0 Å². The predicted octanol–water partition coefficient (Wildman–Crippen LogP) is 2.52. The van der Waals surface area contributed by atoms with E-state index in [0.717, 1.165) is 25.7 Å². The van der Waals surface area contributed by atoms with Gasteiger partial charge in [0.25, 0.3) is 0 Å². The van der Waals surface area contributed by atoms with Crippen LogP contribution in [-0.4, -0.2) is 16.0 Å². The number of rotatable bonds is 6. The molecule has 0 saturated carbocycles. The predicted molar refractivity (Wildman–Crippen MR) is 71.9 cm³/mol. The summed E-state index contributed by atoms with van der Waals surface area (Å²) in [5, 5.41) is 0. The molecule has 0 aromatic carbocycles. The van der Waals surface area contributed by atoms with Gasteiger partial charge in [0.1, 0.15) is 6.33 Å². The normalized spacial score (nSPS) is 13.1. The Labute approximate surface area is 105 Å². The fourth-order valence-electron chi connectivity index (χ4n) is 2.04. The van der Waals surface area contributed by atoms with Crippen molar-refractivity contribution < 1.29 is 0 Å². The van der Waals surface area contributed by atoms with Gasteiger partial charge < -0.3 is 5.73 Å². The van der Waals surface area contributed by atoms with Gasteiger partial charge in [0, 0.05) is 17.4 Å². The molecule has 0 radical (unpaired) electrons. The number of nitrogens with zero attached hydrogens (tertiary/aromatic N) is 2. The first kappa shape index (κ1) is 14.1. The number of hydrogen-bond acceptors (Lipinski definition) is 3. The standard InChI is InChI=1S/C14H25N3/c1-5-12-13(7-6-11(4)15)16-9-17-14(12)8-10(2)3/h9-11H,5-8,15H2,1-4H3. The van der Waals surface area contributed by atoms with E-state index in [-0.39, 0.29) is 6.04 Å². The summed E-state index contributed by atoms with van der Waals surface area (Å²) in [6.45, 7) is 8.67. The molecule has 3 heteroatoms. The molecule has 0 bridgehead atoms. The second-order valence-electron chi connectivity index (χ2n) is 5.21. The molecule has 96 valence electrons. The van der Waals surface area contributed by atoms with Gasteiger partial charge in [-0.1, -0.05) is 20.8 Å². The van der Waals surface area contributed by atoms with Gasteiger partial charge >= 0.3 is 0 Å². The molecular weight excluding hydrogens is 210 g/mol. The van der Waals surface area contributed by atoms with E-state index in [1.807, 2.05) is 6.92 Å². The van der Waals surface area contributed by atoms with Crippen molar-refractivity contribution in [3.05, 3.63) is 23.3 Å². The maximum absolute atomic E-state index is 5.81. The van der Waals surface area contributed by atoms with Gasteiger partial charge in [0.15, 0.2) is 0 Å². The van der Waals surface area contributed by atoms with Crippen LogP contribution in [0.2, 0.25) is 0 Å². The number of nitrogens with two attached hydrogens (primary N) is 1. The second kappa shape index (κ2) is 6.70. The molecule has 0 spiro atoms. The first-order chi connectivity index (χ1) is 8.04. The molecule has 1 atom stereocenters. The topological polar surface area (TPSA) is 51.8 Å². The van der Waals surface area contributed by atoms with Gasteiger partial charge in [0.05, 0.1) is 0 Å². The van der Waals surface area contributed by atoms with Gasteiger partial charge in [-0.05, 0) is 44.1 Å². The van der Waals surface area contributed by atoms with Crippen molar-refractivity contribution in [2.24, 2.45) is 11.7 Å². The maximum atomic E-state index is 5.81. The SMILES string of the molecule is CCc1c(CCC(C)N)ncnc1CC(C)C. The fraction of sp³-hybridized carbons (Fsp3) is 0.714. The molecule has 1 unspecified atom stereocenters. The summed E-state index contributed by atoms with van der Waals surface area (Å²) < 4.78 is 0. The zero-order chi connectivity index (χ0) is 12.8. The molecular formula is C14H25N3. The van der Waals surface area contributed by atoms with Gasteiger partial charge in [-0.25, -0.2) is 9.97 Å². The van der Waals surface area contributed by atoms with Crippen LogP contribution >= 0.6 is 0 Å². The summed E-state index contributed by atoms with van der Waals surface area (Å²) in [7, 11) is 0. The number of aromatic nitrogens is 2. The Morgan fingerprint density at radius 1 is 1.18 bits per heavy atom. The van der Waals surface area contributed by atoms with Crippen LogP contribution in [0.5, 0.6) is 0 Å². The summed E-state index contributed by atoms with van der Waals surface area (Å²) in [6.07, 6.45) is 5.71. The van der Waals surface area contributed by atoms with Crippen LogP contribution in [0.4, 0.5) is 0 Å². The zero-order valence-corrected chi connectivity index (χ0v) is 11.5. The average molecular weight is 235 g/mol. The molecule has 3 nitrogen and oxygen atoms in total. The van der Waals surface area contributed by atoms with Crippen molar-refractivity contribution in [3.8, 4) is 0 Å². The van der Waals surface area contributed by atoms with Crippen molar-refractivity contribution in [2.45, 2.75) is 59.4 Å². The lowest BCUT2D eigenvalue weighted by atomic mass is 9.98. The Morgan fingerprint density at radius 2 is 1.82 bits per heavy atom. The van der Waals surface area contributed by atoms with Crippen molar-refractivity contribution in [1.82, 2.24) is 9.97 Å². The molecule has 0 saturated heterocycles. The van der Waals surface area contributed by atoms with Crippen molar-refractivity contribution >= 4 is 0 Å². The molecule has 0 aliphatic heterocycles. The van der Waals surface area contributed by atoms with Gasteiger partial charge in [-0.3, -0.25) is 0 Å². The minimum atomic E-state index is 0.239.